The second-order valence-corrected chi connectivity index (χ2v) is 6.38. The number of rotatable bonds is 7. The highest BCUT2D eigenvalue weighted by molar-refractivity contribution is 8.00. The number of quaternary nitrogens is 1. The van der Waals surface area contributed by atoms with Crippen molar-refractivity contribution in [1.82, 2.24) is 16.2 Å². The fraction of sp³-hybridized carbons (Fsp3) is 0.429. The van der Waals surface area contributed by atoms with Gasteiger partial charge in [-0.25, -0.2) is 4.39 Å². The maximum absolute atomic E-state index is 13.4. The molecule has 5 nitrogen and oxygen atoms in total. The minimum atomic E-state index is -0.325. The number of carbonyl (C=O) groups excluding carboxylic acids is 1. The molecule has 0 unspecified atom stereocenters. The number of hydrogen-bond acceptors (Lipinski definition) is 3. The first-order valence-corrected chi connectivity index (χ1v) is 8.37. The Morgan fingerprint density at radius 2 is 2.05 bits per heavy atom. The SMILES string of the molecule is C[NH+](C)CCCNC(=S)NNC(=O)CSc1ccccc1F. The van der Waals surface area contributed by atoms with Crippen LogP contribution in [0.25, 0.3) is 0 Å². The average molecular weight is 345 g/mol. The Morgan fingerprint density at radius 1 is 1.32 bits per heavy atom. The molecule has 0 aliphatic heterocycles. The topological polar surface area (TPSA) is 57.6 Å². The van der Waals surface area contributed by atoms with Crippen LogP contribution in [0.5, 0.6) is 0 Å². The first kappa shape index (κ1) is 18.7. The van der Waals surface area contributed by atoms with Gasteiger partial charge >= 0.3 is 0 Å². The Labute approximate surface area is 140 Å². The number of hydrogen-bond donors (Lipinski definition) is 4. The lowest BCUT2D eigenvalue weighted by atomic mass is 10.3. The molecule has 0 bridgehead atoms. The van der Waals surface area contributed by atoms with Crippen molar-refractivity contribution < 1.29 is 14.1 Å². The predicted octanol–water partition coefficient (Wildman–Crippen LogP) is -0.0523. The number of thiocarbonyl (C=S) groups is 1. The first-order chi connectivity index (χ1) is 10.5. The van der Waals surface area contributed by atoms with E-state index in [1.54, 1.807) is 18.2 Å². The van der Waals surface area contributed by atoms with Crippen molar-refractivity contribution >= 4 is 35.0 Å². The quantitative estimate of drug-likeness (QED) is 0.242. The van der Waals surface area contributed by atoms with Crippen LogP contribution in [0.1, 0.15) is 6.42 Å². The molecule has 1 rings (SSSR count). The van der Waals surface area contributed by atoms with Gasteiger partial charge in [-0.3, -0.25) is 15.6 Å². The highest BCUT2D eigenvalue weighted by Crippen LogP contribution is 2.20. The Morgan fingerprint density at radius 3 is 2.73 bits per heavy atom. The average Bonchev–Trinajstić information content (AvgIpc) is 2.48. The van der Waals surface area contributed by atoms with E-state index in [1.165, 1.54) is 11.0 Å². The summed E-state index contributed by atoms with van der Waals surface area (Å²) in [5, 5.41) is 3.37. The van der Waals surface area contributed by atoms with Gasteiger partial charge in [0.2, 0.25) is 5.91 Å². The van der Waals surface area contributed by atoms with E-state index >= 15 is 0 Å². The third-order valence-corrected chi connectivity index (χ3v) is 3.94. The molecule has 4 N–H and O–H groups in total. The van der Waals surface area contributed by atoms with Crippen molar-refractivity contribution in [3.05, 3.63) is 30.1 Å². The van der Waals surface area contributed by atoms with Crippen molar-refractivity contribution in [2.75, 3.05) is 32.9 Å². The maximum atomic E-state index is 13.4. The summed E-state index contributed by atoms with van der Waals surface area (Å²) in [6.07, 6.45) is 0.987. The lowest BCUT2D eigenvalue weighted by Crippen LogP contribution is -3.05. The highest BCUT2D eigenvalue weighted by Gasteiger charge is 2.06. The lowest BCUT2D eigenvalue weighted by Gasteiger charge is -2.12. The first-order valence-electron chi connectivity index (χ1n) is 6.98. The molecule has 0 atom stereocenters. The number of nitrogens with one attached hydrogen (secondary N) is 4. The van der Waals surface area contributed by atoms with Gasteiger partial charge in [-0.05, 0) is 24.4 Å². The molecule has 1 aromatic carbocycles. The lowest BCUT2D eigenvalue weighted by molar-refractivity contribution is -0.858. The van der Waals surface area contributed by atoms with Crippen molar-refractivity contribution in [2.45, 2.75) is 11.3 Å². The van der Waals surface area contributed by atoms with Gasteiger partial charge in [0, 0.05) is 17.9 Å². The number of hydrazine groups is 1. The largest absolute Gasteiger partial charge is 0.361 e. The van der Waals surface area contributed by atoms with Crippen molar-refractivity contribution in [3.63, 3.8) is 0 Å². The van der Waals surface area contributed by atoms with Crippen LogP contribution in [0, 0.1) is 5.82 Å². The smallest absolute Gasteiger partial charge is 0.248 e. The maximum Gasteiger partial charge on any atom is 0.248 e. The van der Waals surface area contributed by atoms with Gasteiger partial charge in [0.05, 0.1) is 26.4 Å². The summed E-state index contributed by atoms with van der Waals surface area (Å²) in [7, 11) is 4.17. The second kappa shape index (κ2) is 10.4. The standard InChI is InChI=1S/C14H21FN4OS2/c1-19(2)9-5-8-16-14(21)18-17-13(20)10-22-12-7-4-3-6-11(12)15/h3-4,6-7H,5,8-10H2,1-2H3,(H,17,20)(H2,16,18,21)/p+1. The molecule has 0 aliphatic rings. The van der Waals surface area contributed by atoms with E-state index in [1.807, 2.05) is 0 Å². The summed E-state index contributed by atoms with van der Waals surface area (Å²) in [5.41, 5.74) is 5.11. The highest BCUT2D eigenvalue weighted by atomic mass is 32.2. The molecule has 0 radical (unpaired) electrons. The summed E-state index contributed by atoms with van der Waals surface area (Å²) in [6.45, 7) is 1.79. The number of thioether (sulfide) groups is 1. The minimum Gasteiger partial charge on any atom is -0.361 e. The molecule has 1 amide bonds. The third-order valence-electron chi connectivity index (χ3n) is 2.65. The zero-order valence-corrected chi connectivity index (χ0v) is 14.4. The minimum absolute atomic E-state index is 0.112. The Balaban J connectivity index is 2.15. The molecule has 0 spiro atoms. The van der Waals surface area contributed by atoms with Gasteiger partial charge in [-0.15, -0.1) is 11.8 Å². The number of halogens is 1. The van der Waals surface area contributed by atoms with Crippen LogP contribution in [-0.4, -0.2) is 44.0 Å². The van der Waals surface area contributed by atoms with Gasteiger partial charge in [-0.1, -0.05) is 12.1 Å². The summed E-state index contributed by atoms with van der Waals surface area (Å²) >= 11 is 6.18. The number of carbonyl (C=O) groups is 1. The molecule has 0 aliphatic carbocycles. The summed E-state index contributed by atoms with van der Waals surface area (Å²) in [4.78, 5) is 13.5. The monoisotopic (exact) mass is 345 g/mol. The zero-order valence-electron chi connectivity index (χ0n) is 12.7. The molecule has 122 valence electrons. The summed E-state index contributed by atoms with van der Waals surface area (Å²) in [5.74, 6) is -0.482. The molecule has 0 saturated heterocycles. The second-order valence-electron chi connectivity index (χ2n) is 4.96. The zero-order chi connectivity index (χ0) is 16.4. The van der Waals surface area contributed by atoms with Gasteiger partial charge in [-0.2, -0.15) is 0 Å². The van der Waals surface area contributed by atoms with Crippen LogP contribution >= 0.6 is 24.0 Å². The van der Waals surface area contributed by atoms with Gasteiger partial charge in [0.1, 0.15) is 5.82 Å². The van der Waals surface area contributed by atoms with E-state index in [9.17, 15) is 9.18 Å². The van der Waals surface area contributed by atoms with E-state index < -0.39 is 0 Å². The van der Waals surface area contributed by atoms with Gasteiger partial charge < -0.3 is 10.2 Å². The van der Waals surface area contributed by atoms with E-state index in [4.69, 9.17) is 12.2 Å². The van der Waals surface area contributed by atoms with E-state index in [-0.39, 0.29) is 17.5 Å². The molecule has 22 heavy (non-hydrogen) atoms. The predicted molar refractivity (Wildman–Crippen MR) is 91.3 cm³/mol. The molecule has 8 heteroatoms. The van der Waals surface area contributed by atoms with Gasteiger partial charge in [0.25, 0.3) is 0 Å². The van der Waals surface area contributed by atoms with Crippen LogP contribution in [0.3, 0.4) is 0 Å². The Hall–Kier alpha value is -1.38. The molecule has 0 heterocycles. The summed E-state index contributed by atoms with van der Waals surface area (Å²) < 4.78 is 13.4. The Bertz CT molecular complexity index is 499. The molecule has 0 fully saturated rings. The van der Waals surface area contributed by atoms with Crippen LogP contribution in [0.15, 0.2) is 29.2 Å². The van der Waals surface area contributed by atoms with Crippen molar-refractivity contribution in [3.8, 4) is 0 Å². The summed E-state index contributed by atoms with van der Waals surface area (Å²) in [6, 6.07) is 6.35. The molecular weight excluding hydrogens is 323 g/mol. The fourth-order valence-corrected chi connectivity index (χ4v) is 2.45. The van der Waals surface area contributed by atoms with Crippen LogP contribution in [0.2, 0.25) is 0 Å². The van der Waals surface area contributed by atoms with Crippen LogP contribution < -0.4 is 21.1 Å². The molecule has 1 aromatic rings. The normalized spacial score (nSPS) is 10.4. The van der Waals surface area contributed by atoms with Gasteiger partial charge in [0.15, 0.2) is 5.11 Å². The van der Waals surface area contributed by atoms with E-state index in [0.29, 0.717) is 10.0 Å². The number of amides is 1. The Kier molecular flexibility index (Phi) is 8.79. The third kappa shape index (κ3) is 8.16. The molecule has 0 aromatic heterocycles. The molecule has 0 saturated carbocycles. The van der Waals surface area contributed by atoms with E-state index in [0.717, 1.165) is 31.3 Å². The fourth-order valence-electron chi connectivity index (χ4n) is 1.56. The van der Waals surface area contributed by atoms with Crippen molar-refractivity contribution in [1.29, 1.82) is 0 Å². The molecular formula is C14H22FN4OS2+. The van der Waals surface area contributed by atoms with Crippen LogP contribution in [0.4, 0.5) is 4.39 Å². The number of benzene rings is 1. The van der Waals surface area contributed by atoms with Crippen molar-refractivity contribution in [2.24, 2.45) is 0 Å². The van der Waals surface area contributed by atoms with Crippen LogP contribution in [-0.2, 0) is 4.79 Å². The van der Waals surface area contributed by atoms with E-state index in [2.05, 4.69) is 30.3 Å².